The Balaban J connectivity index is 1.36. The molecule has 0 atom stereocenters. The van der Waals surface area contributed by atoms with E-state index in [1.54, 1.807) is 0 Å². The fourth-order valence-corrected chi connectivity index (χ4v) is 3.60. The summed E-state index contributed by atoms with van der Waals surface area (Å²) in [5.74, 6) is 1.82. The Morgan fingerprint density at radius 1 is 0.857 bits per heavy atom. The van der Waals surface area contributed by atoms with Crippen molar-refractivity contribution in [2.45, 2.75) is 12.3 Å². The average molecular weight is 391 g/mol. The molecule has 0 saturated heterocycles. The van der Waals surface area contributed by atoms with Crippen molar-refractivity contribution in [2.24, 2.45) is 0 Å². The Kier molecular flexibility index (Phi) is 5.73. The highest BCUT2D eigenvalue weighted by molar-refractivity contribution is 7.80. The number of fused-ring (bicyclic) bond motifs is 1. The normalized spacial score (nSPS) is 12.0. The van der Waals surface area contributed by atoms with Crippen molar-refractivity contribution in [2.75, 3.05) is 18.7 Å². The third kappa shape index (κ3) is 4.43. The topological polar surface area (TPSA) is 42.5 Å². The molecule has 0 spiro atoms. The van der Waals surface area contributed by atoms with Crippen LogP contribution in [0.4, 0.5) is 5.69 Å². The van der Waals surface area contributed by atoms with Gasteiger partial charge in [-0.15, -0.1) is 0 Å². The van der Waals surface area contributed by atoms with Crippen molar-refractivity contribution < 1.29 is 9.47 Å². The Labute approximate surface area is 170 Å². The van der Waals surface area contributed by atoms with Crippen LogP contribution in [-0.4, -0.2) is 18.5 Å². The van der Waals surface area contributed by atoms with Crippen LogP contribution >= 0.6 is 12.2 Å². The lowest BCUT2D eigenvalue weighted by Crippen LogP contribution is -2.30. The molecule has 4 rings (SSSR count). The third-order valence-electron chi connectivity index (χ3n) is 4.75. The van der Waals surface area contributed by atoms with Crippen molar-refractivity contribution in [3.63, 3.8) is 0 Å². The van der Waals surface area contributed by atoms with Gasteiger partial charge in [0.15, 0.2) is 16.6 Å². The van der Waals surface area contributed by atoms with Gasteiger partial charge in [-0.3, -0.25) is 0 Å². The van der Waals surface area contributed by atoms with Gasteiger partial charge < -0.3 is 20.1 Å². The summed E-state index contributed by atoms with van der Waals surface area (Å²) < 4.78 is 10.7. The van der Waals surface area contributed by atoms with Crippen molar-refractivity contribution >= 4 is 23.0 Å². The Hall–Kier alpha value is -3.05. The maximum atomic E-state index is 5.46. The maximum absolute atomic E-state index is 5.46. The number of hydrogen-bond donors (Lipinski definition) is 2. The average Bonchev–Trinajstić information content (AvgIpc) is 3.20. The number of rotatable bonds is 6. The van der Waals surface area contributed by atoms with Gasteiger partial charge in [0.25, 0.3) is 0 Å². The molecule has 0 saturated carbocycles. The number of nitrogens with one attached hydrogen (secondary N) is 2. The molecule has 2 N–H and O–H groups in total. The minimum absolute atomic E-state index is 0.266. The fraction of sp³-hybridized carbons (Fsp3) is 0.174. The summed E-state index contributed by atoms with van der Waals surface area (Å²) in [6, 6.07) is 26.9. The highest BCUT2D eigenvalue weighted by Crippen LogP contribution is 2.34. The van der Waals surface area contributed by atoms with Gasteiger partial charge in [-0.05, 0) is 41.9 Å². The zero-order valence-electron chi connectivity index (χ0n) is 15.4. The van der Waals surface area contributed by atoms with E-state index < -0.39 is 0 Å². The highest BCUT2D eigenvalue weighted by atomic mass is 32.1. The minimum Gasteiger partial charge on any atom is -0.454 e. The van der Waals surface area contributed by atoms with Gasteiger partial charge in [0.1, 0.15) is 0 Å². The SMILES string of the molecule is S=C(NCCC(c1ccccc1)c1ccccc1)Nc1ccc2c(c1)OCO2. The van der Waals surface area contributed by atoms with Crippen LogP contribution in [0.5, 0.6) is 11.5 Å². The number of benzene rings is 3. The van der Waals surface area contributed by atoms with Gasteiger partial charge in [0, 0.05) is 24.2 Å². The van der Waals surface area contributed by atoms with Crippen LogP contribution in [0.2, 0.25) is 0 Å². The largest absolute Gasteiger partial charge is 0.454 e. The smallest absolute Gasteiger partial charge is 0.231 e. The highest BCUT2D eigenvalue weighted by Gasteiger charge is 2.15. The summed E-state index contributed by atoms with van der Waals surface area (Å²) in [6.07, 6.45) is 0.941. The second kappa shape index (κ2) is 8.76. The summed E-state index contributed by atoms with van der Waals surface area (Å²) in [5.41, 5.74) is 3.50. The van der Waals surface area contributed by atoms with Gasteiger partial charge in [-0.1, -0.05) is 60.7 Å². The lowest BCUT2D eigenvalue weighted by molar-refractivity contribution is 0.174. The van der Waals surface area contributed by atoms with Crippen LogP contribution in [0.15, 0.2) is 78.9 Å². The summed E-state index contributed by atoms with van der Waals surface area (Å²) in [4.78, 5) is 0. The summed E-state index contributed by atoms with van der Waals surface area (Å²) in [6.45, 7) is 1.03. The molecule has 4 nitrogen and oxygen atoms in total. The summed E-state index contributed by atoms with van der Waals surface area (Å²) in [5, 5.41) is 7.12. The van der Waals surface area contributed by atoms with Gasteiger partial charge in [-0.25, -0.2) is 0 Å². The van der Waals surface area contributed by atoms with Gasteiger partial charge in [0.2, 0.25) is 6.79 Å². The number of ether oxygens (including phenoxy) is 2. The Morgan fingerprint density at radius 3 is 2.18 bits per heavy atom. The molecule has 0 bridgehead atoms. The predicted octanol–water partition coefficient (Wildman–Crippen LogP) is 4.92. The van der Waals surface area contributed by atoms with E-state index in [0.717, 1.165) is 30.2 Å². The lowest BCUT2D eigenvalue weighted by Gasteiger charge is -2.19. The molecule has 0 unspecified atom stereocenters. The van der Waals surface area contributed by atoms with E-state index in [9.17, 15) is 0 Å². The molecule has 1 aliphatic heterocycles. The first-order valence-corrected chi connectivity index (χ1v) is 9.75. The molecule has 5 heteroatoms. The summed E-state index contributed by atoms with van der Waals surface area (Å²) >= 11 is 5.46. The second-order valence-corrected chi connectivity index (χ2v) is 7.02. The van der Waals surface area contributed by atoms with Crippen LogP contribution in [0, 0.1) is 0 Å². The van der Waals surface area contributed by atoms with E-state index in [1.807, 2.05) is 30.3 Å². The molecule has 1 heterocycles. The number of hydrogen-bond acceptors (Lipinski definition) is 3. The molecule has 28 heavy (non-hydrogen) atoms. The zero-order valence-corrected chi connectivity index (χ0v) is 16.2. The van der Waals surface area contributed by atoms with E-state index in [2.05, 4.69) is 59.2 Å². The molecule has 0 aliphatic carbocycles. The Morgan fingerprint density at radius 2 is 1.50 bits per heavy atom. The van der Waals surface area contributed by atoms with E-state index in [4.69, 9.17) is 21.7 Å². The van der Waals surface area contributed by atoms with Crippen molar-refractivity contribution in [1.29, 1.82) is 0 Å². The minimum atomic E-state index is 0.266. The molecule has 0 fully saturated rings. The van der Waals surface area contributed by atoms with Gasteiger partial charge in [0.05, 0.1) is 0 Å². The Bertz CT molecular complexity index is 892. The molecular formula is C23H22N2O2S. The molecule has 3 aromatic rings. The van der Waals surface area contributed by atoms with Crippen molar-refractivity contribution in [3.8, 4) is 11.5 Å². The van der Waals surface area contributed by atoms with E-state index in [1.165, 1.54) is 11.1 Å². The second-order valence-electron chi connectivity index (χ2n) is 6.61. The monoisotopic (exact) mass is 390 g/mol. The standard InChI is InChI=1S/C23H22N2O2S/c28-23(25-19-11-12-21-22(15-19)27-16-26-21)24-14-13-20(17-7-3-1-4-8-17)18-9-5-2-6-10-18/h1-12,15,20H,13-14,16H2,(H2,24,25,28). The van der Waals surface area contributed by atoms with Crippen LogP contribution < -0.4 is 20.1 Å². The first-order valence-electron chi connectivity index (χ1n) is 9.34. The van der Waals surface area contributed by atoms with Gasteiger partial charge in [-0.2, -0.15) is 0 Å². The molecule has 0 amide bonds. The quantitative estimate of drug-likeness (QED) is 0.585. The van der Waals surface area contributed by atoms with Crippen LogP contribution in [0.1, 0.15) is 23.5 Å². The number of anilines is 1. The molecule has 0 aromatic heterocycles. The van der Waals surface area contributed by atoms with Crippen LogP contribution in [-0.2, 0) is 0 Å². The first kappa shape index (κ1) is 18.3. The fourth-order valence-electron chi connectivity index (χ4n) is 3.38. The van der Waals surface area contributed by atoms with Crippen molar-refractivity contribution in [3.05, 3.63) is 90.0 Å². The molecule has 0 radical (unpaired) electrons. The lowest BCUT2D eigenvalue weighted by atomic mass is 9.88. The summed E-state index contributed by atoms with van der Waals surface area (Å²) in [7, 11) is 0. The van der Waals surface area contributed by atoms with Gasteiger partial charge >= 0.3 is 0 Å². The van der Waals surface area contributed by atoms with Crippen molar-refractivity contribution in [1.82, 2.24) is 5.32 Å². The maximum Gasteiger partial charge on any atom is 0.231 e. The number of thiocarbonyl (C=S) groups is 1. The third-order valence-corrected chi connectivity index (χ3v) is 5.00. The molecule has 1 aliphatic rings. The molecular weight excluding hydrogens is 368 g/mol. The predicted molar refractivity (Wildman–Crippen MR) is 116 cm³/mol. The van der Waals surface area contributed by atoms with E-state index >= 15 is 0 Å². The van der Waals surface area contributed by atoms with Crippen LogP contribution in [0.25, 0.3) is 0 Å². The van der Waals surface area contributed by atoms with Crippen LogP contribution in [0.3, 0.4) is 0 Å². The van der Waals surface area contributed by atoms with E-state index in [-0.39, 0.29) is 6.79 Å². The van der Waals surface area contributed by atoms with E-state index in [0.29, 0.717) is 11.0 Å². The first-order chi connectivity index (χ1) is 13.8. The zero-order chi connectivity index (χ0) is 19.2. The molecule has 142 valence electrons. The molecule has 3 aromatic carbocycles.